The van der Waals surface area contributed by atoms with E-state index in [2.05, 4.69) is 29.4 Å². The second-order valence-electron chi connectivity index (χ2n) is 4.22. The van der Waals surface area contributed by atoms with Crippen LogP contribution in [-0.2, 0) is 0 Å². The van der Waals surface area contributed by atoms with Crippen molar-refractivity contribution in [1.29, 1.82) is 0 Å². The van der Waals surface area contributed by atoms with E-state index in [1.54, 1.807) is 0 Å². The Morgan fingerprint density at radius 1 is 1.29 bits per heavy atom. The van der Waals surface area contributed by atoms with Crippen molar-refractivity contribution >= 4 is 5.69 Å². The van der Waals surface area contributed by atoms with Crippen molar-refractivity contribution in [3.63, 3.8) is 0 Å². The van der Waals surface area contributed by atoms with Gasteiger partial charge in [0, 0.05) is 17.8 Å². The van der Waals surface area contributed by atoms with Gasteiger partial charge in [0.2, 0.25) is 12.3 Å². The Kier molecular flexibility index (Phi) is 3.75. The summed E-state index contributed by atoms with van der Waals surface area (Å²) in [7, 11) is 0. The maximum absolute atomic E-state index is 5.13. The van der Waals surface area contributed by atoms with Gasteiger partial charge in [0.25, 0.3) is 0 Å². The van der Waals surface area contributed by atoms with Crippen LogP contribution in [0.5, 0.6) is 0 Å². The minimum absolute atomic E-state index is 0.554. The minimum atomic E-state index is 0.554. The summed E-state index contributed by atoms with van der Waals surface area (Å²) in [4.78, 5) is 0. The average Bonchev–Trinajstić information content (AvgIpc) is 2.90. The fourth-order valence-electron chi connectivity index (χ4n) is 1.47. The Balaban J connectivity index is 1.99. The number of hydrogen-bond acceptors (Lipinski definition) is 4. The van der Waals surface area contributed by atoms with Crippen molar-refractivity contribution in [3.05, 3.63) is 30.7 Å². The molecule has 0 saturated carbocycles. The standard InChI is InChI=1S/C13H17N3O/c1-3-10(2)8-14-12-6-4-11(5-7-12)13-16-15-9-17-13/h4-7,9-10,14H,3,8H2,1-2H3. The summed E-state index contributed by atoms with van der Waals surface area (Å²) >= 11 is 0. The van der Waals surface area contributed by atoms with Crippen molar-refractivity contribution in [1.82, 2.24) is 10.2 Å². The second kappa shape index (κ2) is 5.48. The van der Waals surface area contributed by atoms with E-state index in [4.69, 9.17) is 4.42 Å². The van der Waals surface area contributed by atoms with Gasteiger partial charge < -0.3 is 9.73 Å². The molecular weight excluding hydrogens is 214 g/mol. The fourth-order valence-corrected chi connectivity index (χ4v) is 1.47. The first kappa shape index (κ1) is 11.6. The van der Waals surface area contributed by atoms with Gasteiger partial charge in [-0.2, -0.15) is 0 Å². The van der Waals surface area contributed by atoms with E-state index >= 15 is 0 Å². The molecule has 90 valence electrons. The third kappa shape index (κ3) is 3.06. The molecule has 1 aromatic heterocycles. The van der Waals surface area contributed by atoms with E-state index in [1.807, 2.05) is 24.3 Å². The predicted octanol–water partition coefficient (Wildman–Crippen LogP) is 3.19. The Labute approximate surface area is 101 Å². The first-order valence-corrected chi connectivity index (χ1v) is 5.90. The minimum Gasteiger partial charge on any atom is -0.423 e. The van der Waals surface area contributed by atoms with E-state index in [9.17, 15) is 0 Å². The Morgan fingerprint density at radius 2 is 2.06 bits per heavy atom. The summed E-state index contributed by atoms with van der Waals surface area (Å²) in [6.45, 7) is 5.43. The highest BCUT2D eigenvalue weighted by atomic mass is 16.4. The van der Waals surface area contributed by atoms with E-state index in [1.165, 1.54) is 12.8 Å². The van der Waals surface area contributed by atoms with Gasteiger partial charge in [-0.15, -0.1) is 10.2 Å². The van der Waals surface area contributed by atoms with Gasteiger partial charge >= 0.3 is 0 Å². The number of hydrogen-bond donors (Lipinski definition) is 1. The molecule has 0 radical (unpaired) electrons. The van der Waals surface area contributed by atoms with Crippen molar-refractivity contribution in [3.8, 4) is 11.5 Å². The Bertz CT molecular complexity index is 436. The van der Waals surface area contributed by atoms with Crippen LogP contribution in [0.15, 0.2) is 35.1 Å². The number of nitrogens with one attached hydrogen (secondary N) is 1. The summed E-state index contributed by atoms with van der Waals surface area (Å²) < 4.78 is 5.13. The maximum atomic E-state index is 5.13. The average molecular weight is 231 g/mol. The molecule has 1 N–H and O–H groups in total. The third-order valence-corrected chi connectivity index (χ3v) is 2.84. The van der Waals surface area contributed by atoms with Gasteiger partial charge in [-0.1, -0.05) is 20.3 Å². The maximum Gasteiger partial charge on any atom is 0.247 e. The van der Waals surface area contributed by atoms with Gasteiger partial charge in [-0.05, 0) is 30.2 Å². The lowest BCUT2D eigenvalue weighted by molar-refractivity contribution is 0.568. The topological polar surface area (TPSA) is 51.0 Å². The van der Waals surface area contributed by atoms with Gasteiger partial charge in [0.05, 0.1) is 0 Å². The van der Waals surface area contributed by atoms with Crippen LogP contribution in [0.2, 0.25) is 0 Å². The summed E-state index contributed by atoms with van der Waals surface area (Å²) in [5, 5.41) is 10.9. The molecule has 0 aliphatic carbocycles. The first-order chi connectivity index (χ1) is 8.29. The molecule has 4 nitrogen and oxygen atoms in total. The van der Waals surface area contributed by atoms with E-state index in [0.717, 1.165) is 17.8 Å². The molecule has 0 bridgehead atoms. The molecule has 0 amide bonds. The quantitative estimate of drug-likeness (QED) is 0.858. The summed E-state index contributed by atoms with van der Waals surface area (Å²) in [6, 6.07) is 8.02. The molecule has 4 heteroatoms. The fraction of sp³-hybridized carbons (Fsp3) is 0.385. The molecule has 0 aliphatic heterocycles. The van der Waals surface area contributed by atoms with Gasteiger partial charge in [-0.3, -0.25) is 0 Å². The molecule has 17 heavy (non-hydrogen) atoms. The third-order valence-electron chi connectivity index (χ3n) is 2.84. The largest absolute Gasteiger partial charge is 0.423 e. The zero-order valence-corrected chi connectivity index (χ0v) is 10.2. The van der Waals surface area contributed by atoms with Crippen LogP contribution >= 0.6 is 0 Å². The van der Waals surface area contributed by atoms with Crippen LogP contribution in [0.1, 0.15) is 20.3 Å². The van der Waals surface area contributed by atoms with Crippen LogP contribution < -0.4 is 5.32 Å². The summed E-state index contributed by atoms with van der Waals surface area (Å²) in [5.74, 6) is 1.24. The number of anilines is 1. The van der Waals surface area contributed by atoms with E-state index in [0.29, 0.717) is 11.8 Å². The normalized spacial score (nSPS) is 12.4. The SMILES string of the molecule is CCC(C)CNc1ccc(-c2nnco2)cc1. The Morgan fingerprint density at radius 3 is 2.65 bits per heavy atom. The van der Waals surface area contributed by atoms with E-state index < -0.39 is 0 Å². The highest BCUT2D eigenvalue weighted by molar-refractivity contribution is 5.58. The highest BCUT2D eigenvalue weighted by Gasteiger charge is 2.03. The van der Waals surface area contributed by atoms with Gasteiger partial charge in [0.1, 0.15) is 0 Å². The molecular formula is C13H17N3O. The molecule has 0 aliphatic rings. The van der Waals surface area contributed by atoms with Gasteiger partial charge in [-0.25, -0.2) is 0 Å². The lowest BCUT2D eigenvalue weighted by atomic mass is 10.1. The van der Waals surface area contributed by atoms with Crippen molar-refractivity contribution in [2.24, 2.45) is 5.92 Å². The predicted molar refractivity (Wildman–Crippen MR) is 67.7 cm³/mol. The molecule has 0 spiro atoms. The zero-order chi connectivity index (χ0) is 12.1. The molecule has 2 rings (SSSR count). The first-order valence-electron chi connectivity index (χ1n) is 5.90. The van der Waals surface area contributed by atoms with E-state index in [-0.39, 0.29) is 0 Å². The lowest BCUT2D eigenvalue weighted by Gasteiger charge is -2.11. The molecule has 1 unspecified atom stereocenters. The second-order valence-corrected chi connectivity index (χ2v) is 4.22. The number of rotatable bonds is 5. The molecule has 1 aromatic carbocycles. The van der Waals surface area contributed by atoms with Crippen molar-refractivity contribution < 1.29 is 4.42 Å². The smallest absolute Gasteiger partial charge is 0.247 e. The summed E-state index contributed by atoms with van der Waals surface area (Å²) in [5.41, 5.74) is 2.06. The number of aromatic nitrogens is 2. The van der Waals surface area contributed by atoms with Crippen molar-refractivity contribution in [2.45, 2.75) is 20.3 Å². The van der Waals surface area contributed by atoms with Crippen LogP contribution in [0.25, 0.3) is 11.5 Å². The molecule has 2 aromatic rings. The summed E-state index contributed by atoms with van der Waals surface area (Å²) in [6.07, 6.45) is 2.53. The molecule has 1 atom stereocenters. The highest BCUT2D eigenvalue weighted by Crippen LogP contribution is 2.19. The van der Waals surface area contributed by atoms with Crippen LogP contribution in [0.3, 0.4) is 0 Å². The molecule has 0 saturated heterocycles. The van der Waals surface area contributed by atoms with Gasteiger partial charge in [0.15, 0.2) is 0 Å². The lowest BCUT2D eigenvalue weighted by Crippen LogP contribution is -2.09. The monoisotopic (exact) mass is 231 g/mol. The number of nitrogens with zero attached hydrogens (tertiary/aromatic N) is 2. The van der Waals surface area contributed by atoms with Crippen LogP contribution in [0, 0.1) is 5.92 Å². The number of benzene rings is 1. The molecule has 1 heterocycles. The van der Waals surface area contributed by atoms with Crippen LogP contribution in [-0.4, -0.2) is 16.7 Å². The van der Waals surface area contributed by atoms with Crippen LogP contribution in [0.4, 0.5) is 5.69 Å². The Hall–Kier alpha value is -1.84. The molecule has 0 fully saturated rings. The van der Waals surface area contributed by atoms with Crippen molar-refractivity contribution in [2.75, 3.05) is 11.9 Å². The zero-order valence-electron chi connectivity index (χ0n) is 10.2.